The van der Waals surface area contributed by atoms with Crippen LogP contribution >= 0.6 is 0 Å². The van der Waals surface area contributed by atoms with Gasteiger partial charge in [0.15, 0.2) is 9.84 Å². The first-order valence-corrected chi connectivity index (χ1v) is 7.43. The summed E-state index contributed by atoms with van der Waals surface area (Å²) in [7, 11) is -3.05. The highest BCUT2D eigenvalue weighted by Gasteiger charge is 2.17. The lowest BCUT2D eigenvalue weighted by molar-refractivity contribution is -0.122. The molecule has 94 valence electrons. The third-order valence-corrected chi connectivity index (χ3v) is 4.31. The maximum absolute atomic E-state index is 11.4. The second-order valence-corrected chi connectivity index (χ2v) is 6.44. The van der Waals surface area contributed by atoms with Gasteiger partial charge in [0.25, 0.3) is 0 Å². The predicted molar refractivity (Wildman–Crippen MR) is 60.9 cm³/mol. The Morgan fingerprint density at radius 1 is 1.50 bits per heavy atom. The minimum Gasteiger partial charge on any atom is -0.379 e. The Labute approximate surface area is 96.5 Å². The number of nitrogens with one attached hydrogen (secondary N) is 1. The van der Waals surface area contributed by atoms with Crippen LogP contribution in [0.1, 0.15) is 26.2 Å². The maximum Gasteiger partial charge on any atom is 0.221 e. The number of hydrogen-bond donors (Lipinski definition) is 1. The molecule has 1 saturated heterocycles. The van der Waals surface area contributed by atoms with Crippen LogP contribution in [0.3, 0.4) is 0 Å². The van der Waals surface area contributed by atoms with Crippen molar-refractivity contribution >= 4 is 15.7 Å². The Kier molecular flexibility index (Phi) is 5.21. The van der Waals surface area contributed by atoms with Gasteiger partial charge in [0.1, 0.15) is 0 Å². The van der Waals surface area contributed by atoms with Gasteiger partial charge in [-0.05, 0) is 12.8 Å². The zero-order chi connectivity index (χ0) is 12.0. The van der Waals surface area contributed by atoms with Gasteiger partial charge in [-0.2, -0.15) is 0 Å². The monoisotopic (exact) mass is 249 g/mol. The van der Waals surface area contributed by atoms with E-state index in [0.29, 0.717) is 6.61 Å². The van der Waals surface area contributed by atoms with Crippen LogP contribution < -0.4 is 5.32 Å². The minimum absolute atomic E-state index is 0.0468. The van der Waals surface area contributed by atoms with Crippen molar-refractivity contribution in [2.45, 2.75) is 32.2 Å². The Hall–Kier alpha value is -0.620. The number of carbonyl (C=O) groups is 1. The van der Waals surface area contributed by atoms with E-state index in [-0.39, 0.29) is 29.9 Å². The molecule has 1 rings (SSSR count). The number of rotatable bonds is 5. The number of hydrogen-bond acceptors (Lipinski definition) is 4. The molecule has 0 radical (unpaired) electrons. The van der Waals surface area contributed by atoms with Crippen molar-refractivity contribution in [3.63, 3.8) is 0 Å². The van der Waals surface area contributed by atoms with E-state index in [1.165, 1.54) is 0 Å². The zero-order valence-corrected chi connectivity index (χ0v) is 10.4. The molecule has 0 aromatic carbocycles. The molecule has 1 amide bonds. The molecule has 1 heterocycles. The Morgan fingerprint density at radius 2 is 2.25 bits per heavy atom. The molecule has 1 N–H and O–H groups in total. The van der Waals surface area contributed by atoms with Gasteiger partial charge in [-0.25, -0.2) is 8.42 Å². The third kappa shape index (κ3) is 4.94. The van der Waals surface area contributed by atoms with Crippen molar-refractivity contribution in [1.29, 1.82) is 0 Å². The van der Waals surface area contributed by atoms with E-state index in [2.05, 4.69) is 5.32 Å². The van der Waals surface area contributed by atoms with Gasteiger partial charge in [-0.1, -0.05) is 6.92 Å². The van der Waals surface area contributed by atoms with E-state index in [1.807, 2.05) is 0 Å². The SMILES string of the molecule is CCS(=O)(=O)CCC(=O)NC1CCCOC1. The van der Waals surface area contributed by atoms with E-state index in [4.69, 9.17) is 4.74 Å². The van der Waals surface area contributed by atoms with Crippen LogP contribution in [0.2, 0.25) is 0 Å². The number of amides is 1. The summed E-state index contributed by atoms with van der Waals surface area (Å²) in [6.07, 6.45) is 1.90. The largest absolute Gasteiger partial charge is 0.379 e. The molecule has 1 atom stereocenters. The molecule has 0 aromatic heterocycles. The van der Waals surface area contributed by atoms with E-state index < -0.39 is 9.84 Å². The topological polar surface area (TPSA) is 72.5 Å². The van der Waals surface area contributed by atoms with Crippen LogP contribution in [-0.4, -0.2) is 45.1 Å². The summed E-state index contributed by atoms with van der Waals surface area (Å²) < 4.78 is 27.6. The molecule has 0 aromatic rings. The van der Waals surface area contributed by atoms with Gasteiger partial charge in [0.05, 0.1) is 18.4 Å². The van der Waals surface area contributed by atoms with E-state index in [9.17, 15) is 13.2 Å². The summed E-state index contributed by atoms with van der Waals surface area (Å²) in [5.41, 5.74) is 0. The average Bonchev–Trinajstić information content (AvgIpc) is 2.28. The van der Waals surface area contributed by atoms with Crippen LogP contribution in [0.4, 0.5) is 0 Å². The molecule has 6 heteroatoms. The van der Waals surface area contributed by atoms with Crippen molar-refractivity contribution < 1.29 is 17.9 Å². The first-order chi connectivity index (χ1) is 7.53. The second-order valence-electron chi connectivity index (χ2n) is 3.97. The summed E-state index contributed by atoms with van der Waals surface area (Å²) in [6, 6.07) is 0.0468. The molecule has 1 fully saturated rings. The van der Waals surface area contributed by atoms with Gasteiger partial charge < -0.3 is 10.1 Å². The smallest absolute Gasteiger partial charge is 0.221 e. The van der Waals surface area contributed by atoms with Crippen LogP contribution in [-0.2, 0) is 19.4 Å². The Bertz CT molecular complexity index is 320. The number of ether oxygens (including phenoxy) is 1. The van der Waals surface area contributed by atoms with Gasteiger partial charge in [0.2, 0.25) is 5.91 Å². The van der Waals surface area contributed by atoms with Crippen molar-refractivity contribution in [2.75, 3.05) is 24.7 Å². The van der Waals surface area contributed by atoms with Crippen LogP contribution in [0.5, 0.6) is 0 Å². The summed E-state index contributed by atoms with van der Waals surface area (Å²) in [4.78, 5) is 11.4. The molecule has 0 saturated carbocycles. The van der Waals surface area contributed by atoms with Gasteiger partial charge in [0, 0.05) is 18.8 Å². The van der Waals surface area contributed by atoms with E-state index >= 15 is 0 Å². The predicted octanol–water partition coefficient (Wildman–Crippen LogP) is 0.106. The highest BCUT2D eigenvalue weighted by atomic mass is 32.2. The fourth-order valence-electron chi connectivity index (χ4n) is 1.55. The summed E-state index contributed by atoms with van der Waals surface area (Å²) in [5.74, 6) is -0.178. The van der Waals surface area contributed by atoms with Crippen LogP contribution in [0.15, 0.2) is 0 Å². The van der Waals surface area contributed by atoms with Gasteiger partial charge >= 0.3 is 0 Å². The molecular weight excluding hydrogens is 230 g/mol. The zero-order valence-electron chi connectivity index (χ0n) is 9.57. The fraction of sp³-hybridized carbons (Fsp3) is 0.900. The lowest BCUT2D eigenvalue weighted by Gasteiger charge is -2.23. The van der Waals surface area contributed by atoms with Crippen molar-refractivity contribution in [3.8, 4) is 0 Å². The summed E-state index contributed by atoms with van der Waals surface area (Å²) >= 11 is 0. The normalized spacial score (nSPS) is 21.7. The van der Waals surface area contributed by atoms with Crippen molar-refractivity contribution in [3.05, 3.63) is 0 Å². The quantitative estimate of drug-likeness (QED) is 0.750. The summed E-state index contributed by atoms with van der Waals surface area (Å²) in [6.45, 7) is 2.87. The molecule has 16 heavy (non-hydrogen) atoms. The fourth-order valence-corrected chi connectivity index (χ4v) is 2.33. The molecule has 1 unspecified atom stereocenters. The highest BCUT2D eigenvalue weighted by Crippen LogP contribution is 2.06. The Balaban J connectivity index is 2.25. The number of carbonyl (C=O) groups excluding carboxylic acids is 1. The molecule has 1 aliphatic heterocycles. The molecule has 0 bridgehead atoms. The molecule has 0 spiro atoms. The average molecular weight is 249 g/mol. The minimum atomic E-state index is -3.05. The second kappa shape index (κ2) is 6.20. The lowest BCUT2D eigenvalue weighted by Crippen LogP contribution is -2.41. The molecule has 1 aliphatic rings. The van der Waals surface area contributed by atoms with Gasteiger partial charge in [-0.15, -0.1) is 0 Å². The summed E-state index contributed by atoms with van der Waals surface area (Å²) in [5, 5.41) is 2.79. The molecular formula is C10H19NO4S. The van der Waals surface area contributed by atoms with Gasteiger partial charge in [-0.3, -0.25) is 4.79 Å². The molecule has 0 aliphatic carbocycles. The maximum atomic E-state index is 11.4. The van der Waals surface area contributed by atoms with Crippen LogP contribution in [0.25, 0.3) is 0 Å². The standard InChI is InChI=1S/C10H19NO4S/c1-2-16(13,14)7-5-10(12)11-9-4-3-6-15-8-9/h9H,2-8H2,1H3,(H,11,12). The van der Waals surface area contributed by atoms with Crippen molar-refractivity contribution in [2.24, 2.45) is 0 Å². The number of sulfone groups is 1. The third-order valence-electron chi connectivity index (χ3n) is 2.61. The van der Waals surface area contributed by atoms with Crippen LogP contribution in [0, 0.1) is 0 Å². The Morgan fingerprint density at radius 3 is 2.81 bits per heavy atom. The first-order valence-electron chi connectivity index (χ1n) is 5.61. The lowest BCUT2D eigenvalue weighted by atomic mass is 10.1. The molecule has 5 nitrogen and oxygen atoms in total. The van der Waals surface area contributed by atoms with E-state index in [0.717, 1.165) is 19.4 Å². The first kappa shape index (κ1) is 13.4. The highest BCUT2D eigenvalue weighted by molar-refractivity contribution is 7.91. The van der Waals surface area contributed by atoms with Crippen molar-refractivity contribution in [1.82, 2.24) is 5.32 Å². The van der Waals surface area contributed by atoms with E-state index in [1.54, 1.807) is 6.92 Å².